The van der Waals surface area contributed by atoms with Gasteiger partial charge in [0.2, 0.25) is 11.8 Å². The van der Waals surface area contributed by atoms with E-state index >= 15 is 0 Å². The predicted molar refractivity (Wildman–Crippen MR) is 98.2 cm³/mol. The Morgan fingerprint density at radius 3 is 2.65 bits per heavy atom. The number of benzene rings is 2. The molecule has 1 heterocycles. The van der Waals surface area contributed by atoms with Crippen molar-refractivity contribution < 1.29 is 13.6 Å². The molecule has 0 bridgehead atoms. The quantitative estimate of drug-likeness (QED) is 0.659. The van der Waals surface area contributed by atoms with Crippen LogP contribution in [0.15, 0.2) is 58.2 Å². The summed E-state index contributed by atoms with van der Waals surface area (Å²) in [6.45, 7) is 3.81. The van der Waals surface area contributed by atoms with Crippen molar-refractivity contribution in [2.45, 2.75) is 25.1 Å². The van der Waals surface area contributed by atoms with Crippen molar-refractivity contribution in [1.82, 2.24) is 15.5 Å². The van der Waals surface area contributed by atoms with Crippen LogP contribution in [0.1, 0.15) is 24.1 Å². The van der Waals surface area contributed by atoms with E-state index in [0.717, 1.165) is 16.7 Å². The van der Waals surface area contributed by atoms with Crippen LogP contribution in [-0.4, -0.2) is 21.9 Å². The van der Waals surface area contributed by atoms with E-state index in [2.05, 4.69) is 15.5 Å². The average Bonchev–Trinajstić information content (AvgIpc) is 3.09. The van der Waals surface area contributed by atoms with Crippen LogP contribution in [0, 0.1) is 12.7 Å². The highest BCUT2D eigenvalue weighted by Gasteiger charge is 2.14. The highest BCUT2D eigenvalue weighted by atomic mass is 32.2. The van der Waals surface area contributed by atoms with Gasteiger partial charge in [-0.15, -0.1) is 10.2 Å². The fraction of sp³-hybridized carbons (Fsp3) is 0.211. The van der Waals surface area contributed by atoms with Gasteiger partial charge in [0, 0.05) is 5.56 Å². The summed E-state index contributed by atoms with van der Waals surface area (Å²) in [6.07, 6.45) is 0. The Morgan fingerprint density at radius 1 is 1.19 bits per heavy atom. The Hall–Kier alpha value is -2.67. The van der Waals surface area contributed by atoms with Gasteiger partial charge in [0.05, 0.1) is 11.8 Å². The van der Waals surface area contributed by atoms with E-state index in [1.165, 1.54) is 23.9 Å². The van der Waals surface area contributed by atoms with Crippen LogP contribution in [0.4, 0.5) is 4.39 Å². The SMILES string of the molecule is Cc1ccccc1-c1nnc(SCC(=O)N[C@H](C)c2ccc(F)cc2)o1. The minimum absolute atomic E-state index is 0.154. The van der Waals surface area contributed by atoms with Gasteiger partial charge >= 0.3 is 0 Å². The van der Waals surface area contributed by atoms with E-state index in [-0.39, 0.29) is 23.5 Å². The molecule has 26 heavy (non-hydrogen) atoms. The third kappa shape index (κ3) is 4.49. The molecular formula is C19H18FN3O2S. The summed E-state index contributed by atoms with van der Waals surface area (Å²) in [5.41, 5.74) is 2.75. The molecule has 0 saturated carbocycles. The maximum Gasteiger partial charge on any atom is 0.277 e. The Bertz CT molecular complexity index is 896. The van der Waals surface area contributed by atoms with Crippen LogP contribution in [0.3, 0.4) is 0 Å². The van der Waals surface area contributed by atoms with E-state index in [4.69, 9.17) is 4.42 Å². The number of hydrogen-bond acceptors (Lipinski definition) is 5. The summed E-state index contributed by atoms with van der Waals surface area (Å²) in [7, 11) is 0. The molecule has 1 aromatic heterocycles. The number of amides is 1. The first-order valence-corrected chi connectivity index (χ1v) is 9.08. The number of carbonyl (C=O) groups is 1. The van der Waals surface area contributed by atoms with Gasteiger partial charge in [-0.25, -0.2) is 4.39 Å². The Balaban J connectivity index is 1.55. The van der Waals surface area contributed by atoms with E-state index in [1.807, 2.05) is 38.1 Å². The maximum absolute atomic E-state index is 13.0. The molecule has 0 saturated heterocycles. The maximum atomic E-state index is 13.0. The van der Waals surface area contributed by atoms with Crippen LogP contribution < -0.4 is 5.32 Å². The fourth-order valence-electron chi connectivity index (χ4n) is 2.44. The molecular weight excluding hydrogens is 353 g/mol. The summed E-state index contributed by atoms with van der Waals surface area (Å²) in [6, 6.07) is 13.6. The number of nitrogens with one attached hydrogen (secondary N) is 1. The molecule has 0 spiro atoms. The molecule has 0 radical (unpaired) electrons. The second kappa shape index (κ2) is 8.14. The van der Waals surface area contributed by atoms with Gasteiger partial charge in [0.1, 0.15) is 5.82 Å². The lowest BCUT2D eigenvalue weighted by Crippen LogP contribution is -2.28. The lowest BCUT2D eigenvalue weighted by atomic mass is 10.1. The zero-order valence-corrected chi connectivity index (χ0v) is 15.2. The average molecular weight is 371 g/mol. The second-order valence-corrected chi connectivity index (χ2v) is 6.74. The van der Waals surface area contributed by atoms with Gasteiger partial charge in [-0.3, -0.25) is 4.79 Å². The van der Waals surface area contributed by atoms with Crippen molar-refractivity contribution in [2.75, 3.05) is 5.75 Å². The summed E-state index contributed by atoms with van der Waals surface area (Å²) in [5.74, 6) is 0.123. The molecule has 0 fully saturated rings. The summed E-state index contributed by atoms with van der Waals surface area (Å²) in [5, 5.41) is 11.2. The smallest absolute Gasteiger partial charge is 0.277 e. The molecule has 5 nitrogen and oxygen atoms in total. The van der Waals surface area contributed by atoms with Gasteiger partial charge in [0.25, 0.3) is 5.22 Å². The highest BCUT2D eigenvalue weighted by molar-refractivity contribution is 7.99. The number of nitrogens with zero attached hydrogens (tertiary/aromatic N) is 2. The molecule has 3 aromatic rings. The topological polar surface area (TPSA) is 68.0 Å². The Morgan fingerprint density at radius 2 is 1.92 bits per heavy atom. The van der Waals surface area contributed by atoms with Crippen molar-refractivity contribution >= 4 is 17.7 Å². The number of carbonyl (C=O) groups excluding carboxylic acids is 1. The number of aromatic nitrogens is 2. The highest BCUT2D eigenvalue weighted by Crippen LogP contribution is 2.25. The molecule has 1 amide bonds. The standard InChI is InChI=1S/C19H18FN3O2S/c1-12-5-3-4-6-16(12)18-22-23-19(25-18)26-11-17(24)21-13(2)14-7-9-15(20)10-8-14/h3-10,13H,11H2,1-2H3,(H,21,24)/t13-/m1/s1. The van der Waals surface area contributed by atoms with Crippen molar-refractivity contribution in [2.24, 2.45) is 0 Å². The van der Waals surface area contributed by atoms with Gasteiger partial charge in [-0.05, 0) is 43.2 Å². The van der Waals surface area contributed by atoms with Crippen molar-refractivity contribution in [1.29, 1.82) is 0 Å². The van der Waals surface area contributed by atoms with Gasteiger partial charge in [-0.1, -0.05) is 42.1 Å². The van der Waals surface area contributed by atoms with Gasteiger partial charge in [-0.2, -0.15) is 0 Å². The van der Waals surface area contributed by atoms with E-state index < -0.39 is 0 Å². The first-order chi connectivity index (χ1) is 12.5. The number of thioether (sulfide) groups is 1. The van der Waals surface area contributed by atoms with E-state index in [1.54, 1.807) is 12.1 Å². The molecule has 0 aliphatic carbocycles. The Labute approximate surface area is 155 Å². The molecule has 0 aliphatic heterocycles. The molecule has 3 rings (SSSR count). The van der Waals surface area contributed by atoms with Crippen molar-refractivity contribution in [3.8, 4) is 11.5 Å². The number of halogens is 1. The minimum Gasteiger partial charge on any atom is -0.411 e. The zero-order chi connectivity index (χ0) is 18.5. The molecule has 0 unspecified atom stereocenters. The Kier molecular flexibility index (Phi) is 5.68. The number of rotatable bonds is 6. The predicted octanol–water partition coefficient (Wildman–Crippen LogP) is 4.15. The number of aryl methyl sites for hydroxylation is 1. The summed E-state index contributed by atoms with van der Waals surface area (Å²) >= 11 is 1.18. The van der Waals surface area contributed by atoms with Crippen LogP contribution in [0.2, 0.25) is 0 Å². The summed E-state index contributed by atoms with van der Waals surface area (Å²) < 4.78 is 18.6. The minimum atomic E-state index is -0.302. The third-order valence-electron chi connectivity index (χ3n) is 3.86. The monoisotopic (exact) mass is 371 g/mol. The molecule has 134 valence electrons. The normalized spacial score (nSPS) is 12.0. The zero-order valence-electron chi connectivity index (χ0n) is 14.4. The number of hydrogen-bond donors (Lipinski definition) is 1. The van der Waals surface area contributed by atoms with Crippen molar-refractivity contribution in [3.63, 3.8) is 0 Å². The van der Waals surface area contributed by atoms with E-state index in [9.17, 15) is 9.18 Å². The van der Waals surface area contributed by atoms with E-state index in [0.29, 0.717) is 11.1 Å². The lowest BCUT2D eigenvalue weighted by molar-refractivity contribution is -0.119. The van der Waals surface area contributed by atoms with Gasteiger partial charge in [0.15, 0.2) is 0 Å². The van der Waals surface area contributed by atoms with Crippen LogP contribution in [-0.2, 0) is 4.79 Å². The second-order valence-electron chi connectivity index (χ2n) is 5.82. The van der Waals surface area contributed by atoms with Gasteiger partial charge < -0.3 is 9.73 Å². The van der Waals surface area contributed by atoms with Crippen molar-refractivity contribution in [3.05, 3.63) is 65.5 Å². The largest absolute Gasteiger partial charge is 0.411 e. The molecule has 1 N–H and O–H groups in total. The first kappa shape index (κ1) is 18.1. The first-order valence-electron chi connectivity index (χ1n) is 8.10. The molecule has 2 aromatic carbocycles. The lowest BCUT2D eigenvalue weighted by Gasteiger charge is -2.13. The molecule has 0 aliphatic rings. The molecule has 7 heteroatoms. The van der Waals surface area contributed by atoms with Crippen LogP contribution in [0.25, 0.3) is 11.5 Å². The van der Waals surface area contributed by atoms with Crippen LogP contribution in [0.5, 0.6) is 0 Å². The molecule has 1 atom stereocenters. The third-order valence-corrected chi connectivity index (χ3v) is 4.67. The van der Waals surface area contributed by atoms with Crippen LogP contribution >= 0.6 is 11.8 Å². The summed E-state index contributed by atoms with van der Waals surface area (Å²) in [4.78, 5) is 12.1. The fourth-order valence-corrected chi connectivity index (χ4v) is 3.01.